The number of pyridine rings is 1. The zero-order valence-electron chi connectivity index (χ0n) is 13.4. The highest BCUT2D eigenvalue weighted by Gasteiger charge is 2.21. The van der Waals surface area contributed by atoms with Crippen molar-refractivity contribution < 1.29 is 0 Å². The molecule has 0 fully saturated rings. The van der Waals surface area contributed by atoms with Gasteiger partial charge in [0.2, 0.25) is 5.43 Å². The average molecular weight is 317 g/mol. The first kappa shape index (κ1) is 15.2. The molecule has 0 spiro atoms. The van der Waals surface area contributed by atoms with Gasteiger partial charge in [-0.15, -0.1) is 0 Å². The number of halogens is 1. The number of fused-ring (bicyclic) bond motifs is 1. The Hall–Kier alpha value is -1.74. The highest BCUT2D eigenvalue weighted by Crippen LogP contribution is 2.35. The Morgan fingerprint density at radius 1 is 1.18 bits per heavy atom. The lowest BCUT2D eigenvalue weighted by Gasteiger charge is -2.22. The first-order valence-corrected chi connectivity index (χ1v) is 7.96. The molecule has 1 aliphatic rings. The van der Waals surface area contributed by atoms with Gasteiger partial charge in [-0.25, -0.2) is 0 Å². The van der Waals surface area contributed by atoms with Crippen molar-refractivity contribution in [2.24, 2.45) is 0 Å². The molecule has 22 heavy (non-hydrogen) atoms. The number of benzene rings is 1. The highest BCUT2D eigenvalue weighted by atomic mass is 35.5. The van der Waals surface area contributed by atoms with Crippen LogP contribution in [0.3, 0.4) is 0 Å². The van der Waals surface area contributed by atoms with Crippen molar-refractivity contribution in [1.82, 2.24) is 4.98 Å². The zero-order valence-corrected chi connectivity index (χ0v) is 14.2. The van der Waals surface area contributed by atoms with Gasteiger partial charge in [0.05, 0.1) is 0 Å². The summed E-state index contributed by atoms with van der Waals surface area (Å²) in [4.78, 5) is 15.6. The van der Waals surface area contributed by atoms with Gasteiger partial charge in [-0.2, -0.15) is 0 Å². The molecule has 1 aromatic carbocycles. The van der Waals surface area contributed by atoms with Gasteiger partial charge in [0.25, 0.3) is 0 Å². The molecule has 0 bridgehead atoms. The third-order valence-corrected chi connectivity index (χ3v) is 4.51. The van der Waals surface area contributed by atoms with E-state index in [0.29, 0.717) is 5.69 Å². The third kappa shape index (κ3) is 2.54. The quantitative estimate of drug-likeness (QED) is 0.825. The van der Waals surface area contributed by atoms with Crippen LogP contribution in [0.25, 0.3) is 11.3 Å². The third-order valence-electron chi connectivity index (χ3n) is 4.20. The molecule has 1 aromatic heterocycles. The van der Waals surface area contributed by atoms with Crippen LogP contribution in [0.2, 0.25) is 5.02 Å². The molecule has 0 atom stereocenters. The number of rotatable bonds is 1. The van der Waals surface area contributed by atoms with E-state index in [1.807, 2.05) is 6.07 Å². The molecule has 1 aliphatic heterocycles. The number of aromatic nitrogens is 1. The molecular formula is C18H21ClN2O. The maximum absolute atomic E-state index is 12.2. The van der Waals surface area contributed by atoms with Gasteiger partial charge >= 0.3 is 0 Å². The Morgan fingerprint density at radius 2 is 1.91 bits per heavy atom. The predicted molar refractivity (Wildman–Crippen MR) is 93.1 cm³/mol. The summed E-state index contributed by atoms with van der Waals surface area (Å²) < 4.78 is 0. The summed E-state index contributed by atoms with van der Waals surface area (Å²) in [6.07, 6.45) is 0.852. The van der Waals surface area contributed by atoms with Crippen molar-refractivity contribution in [2.75, 3.05) is 11.9 Å². The molecule has 4 heteroatoms. The fraction of sp³-hybridized carbons (Fsp3) is 0.389. The van der Waals surface area contributed by atoms with Crippen LogP contribution in [0.5, 0.6) is 0 Å². The van der Waals surface area contributed by atoms with Crippen molar-refractivity contribution in [3.8, 4) is 11.3 Å². The summed E-state index contributed by atoms with van der Waals surface area (Å²) in [5, 5.41) is 3.88. The van der Waals surface area contributed by atoms with E-state index in [2.05, 4.69) is 44.1 Å². The van der Waals surface area contributed by atoms with Crippen molar-refractivity contribution in [1.29, 1.82) is 0 Å². The lowest BCUT2D eigenvalue weighted by Crippen LogP contribution is -2.13. The van der Waals surface area contributed by atoms with Crippen molar-refractivity contribution in [3.05, 3.63) is 50.3 Å². The Morgan fingerprint density at radius 3 is 2.59 bits per heavy atom. The van der Waals surface area contributed by atoms with Crippen LogP contribution in [0.4, 0.5) is 5.69 Å². The van der Waals surface area contributed by atoms with Gasteiger partial charge in [0.1, 0.15) is 5.69 Å². The topological polar surface area (TPSA) is 44.9 Å². The van der Waals surface area contributed by atoms with Crippen LogP contribution in [-0.4, -0.2) is 11.5 Å². The molecular weight excluding hydrogens is 296 g/mol. The fourth-order valence-corrected chi connectivity index (χ4v) is 3.45. The predicted octanol–water partition coefficient (Wildman–Crippen LogP) is 4.27. The summed E-state index contributed by atoms with van der Waals surface area (Å²) in [6, 6.07) is 5.76. The minimum absolute atomic E-state index is 0.00433. The second-order valence-electron chi connectivity index (χ2n) is 6.97. The van der Waals surface area contributed by atoms with Crippen LogP contribution in [0, 0.1) is 6.92 Å². The molecule has 0 unspecified atom stereocenters. The normalized spacial score (nSPS) is 13.9. The largest absolute Gasteiger partial charge is 0.380 e. The number of anilines is 1. The summed E-state index contributed by atoms with van der Waals surface area (Å²) in [5.74, 6) is 0. The molecule has 0 amide bonds. The van der Waals surface area contributed by atoms with E-state index in [1.165, 1.54) is 0 Å². The highest BCUT2D eigenvalue weighted by molar-refractivity contribution is 6.31. The molecule has 3 nitrogen and oxygen atoms in total. The molecule has 116 valence electrons. The lowest BCUT2D eigenvalue weighted by atomic mass is 9.85. The number of H-pyrrole nitrogens is 1. The molecule has 2 aromatic rings. The maximum atomic E-state index is 12.2. The summed E-state index contributed by atoms with van der Waals surface area (Å²) in [5.41, 5.74) is 5.80. The van der Waals surface area contributed by atoms with Crippen LogP contribution in [-0.2, 0) is 11.8 Å². The molecule has 0 saturated carbocycles. The van der Waals surface area contributed by atoms with E-state index in [9.17, 15) is 4.79 Å². The van der Waals surface area contributed by atoms with E-state index < -0.39 is 0 Å². The summed E-state index contributed by atoms with van der Waals surface area (Å²) in [6.45, 7) is 9.32. The standard InChI is InChI=1S/C18H21ClN2O/c1-10-7-12(18(2,3)4)13(19)8-11(10)15-9-16(22)17-14(21-15)5-6-20-17/h7-9,20H,5-6H2,1-4H3,(H,21,22). The SMILES string of the molecule is Cc1cc(C(C)(C)C)c(Cl)cc1-c1cc(=O)c2c([nH]1)CCN2. The second kappa shape index (κ2) is 5.17. The van der Waals surface area contributed by atoms with E-state index in [4.69, 9.17) is 11.6 Å². The van der Waals surface area contributed by atoms with E-state index in [1.54, 1.807) is 6.07 Å². The number of aryl methyl sites for hydroxylation is 1. The van der Waals surface area contributed by atoms with E-state index in [-0.39, 0.29) is 10.8 Å². The Balaban J connectivity index is 2.16. The monoisotopic (exact) mass is 316 g/mol. The van der Waals surface area contributed by atoms with Crippen molar-refractivity contribution in [3.63, 3.8) is 0 Å². The van der Waals surface area contributed by atoms with Crippen LogP contribution < -0.4 is 10.7 Å². The lowest BCUT2D eigenvalue weighted by molar-refractivity contribution is 0.590. The summed E-state index contributed by atoms with van der Waals surface area (Å²) >= 11 is 6.49. The zero-order chi connectivity index (χ0) is 16.1. The Bertz CT molecular complexity index is 800. The number of hydrogen-bond acceptors (Lipinski definition) is 2. The first-order valence-electron chi connectivity index (χ1n) is 7.58. The van der Waals surface area contributed by atoms with E-state index in [0.717, 1.165) is 46.1 Å². The van der Waals surface area contributed by atoms with E-state index >= 15 is 0 Å². The molecule has 2 N–H and O–H groups in total. The van der Waals surface area contributed by atoms with Crippen LogP contribution in [0.1, 0.15) is 37.6 Å². The minimum Gasteiger partial charge on any atom is -0.380 e. The van der Waals surface area contributed by atoms with Crippen molar-refractivity contribution >= 4 is 17.3 Å². The molecule has 0 aliphatic carbocycles. The van der Waals surface area contributed by atoms with Crippen LogP contribution >= 0.6 is 11.6 Å². The number of nitrogens with one attached hydrogen (secondary N) is 2. The first-order chi connectivity index (χ1) is 10.3. The van der Waals surface area contributed by atoms with Gasteiger partial charge in [-0.1, -0.05) is 38.4 Å². The molecule has 0 saturated heterocycles. The second-order valence-corrected chi connectivity index (χ2v) is 7.38. The van der Waals surface area contributed by atoms with Gasteiger partial charge in [0.15, 0.2) is 0 Å². The molecule has 3 rings (SSSR count). The van der Waals surface area contributed by atoms with Crippen molar-refractivity contribution in [2.45, 2.75) is 39.5 Å². The number of aromatic amines is 1. The van der Waals surface area contributed by atoms with Gasteiger partial charge < -0.3 is 10.3 Å². The average Bonchev–Trinajstić information content (AvgIpc) is 2.88. The van der Waals surface area contributed by atoms with Gasteiger partial charge in [0, 0.05) is 41.0 Å². The molecule has 0 radical (unpaired) electrons. The minimum atomic E-state index is -0.00433. The Labute approximate surface area is 135 Å². The van der Waals surface area contributed by atoms with Crippen LogP contribution in [0.15, 0.2) is 23.0 Å². The number of hydrogen-bond donors (Lipinski definition) is 2. The van der Waals surface area contributed by atoms with Gasteiger partial charge in [-0.3, -0.25) is 4.79 Å². The summed E-state index contributed by atoms with van der Waals surface area (Å²) in [7, 11) is 0. The molecule has 2 heterocycles. The van der Waals surface area contributed by atoms with Gasteiger partial charge in [-0.05, 0) is 29.5 Å². The Kier molecular flexibility index (Phi) is 3.56. The fourth-order valence-electron chi connectivity index (χ4n) is 3.00. The smallest absolute Gasteiger partial charge is 0.205 e. The maximum Gasteiger partial charge on any atom is 0.205 e.